The second-order valence-corrected chi connectivity index (χ2v) is 7.89. The molecule has 3 rings (SSSR count). The Morgan fingerprint density at radius 3 is 2.30 bits per heavy atom. The molecule has 0 atom stereocenters. The first-order chi connectivity index (χ1) is 10.9. The summed E-state index contributed by atoms with van der Waals surface area (Å²) in [6, 6.07) is 15.0. The molecule has 0 aliphatic heterocycles. The zero-order valence-electron chi connectivity index (χ0n) is 12.9. The van der Waals surface area contributed by atoms with Crippen molar-refractivity contribution in [3.05, 3.63) is 53.6 Å². The van der Waals surface area contributed by atoms with Gasteiger partial charge in [0.05, 0.1) is 11.6 Å². The van der Waals surface area contributed by atoms with E-state index in [1.165, 1.54) is 0 Å². The van der Waals surface area contributed by atoms with Gasteiger partial charge in [0.15, 0.2) is 0 Å². The molecule has 0 saturated carbocycles. The van der Waals surface area contributed by atoms with Gasteiger partial charge in [-0.25, -0.2) is 0 Å². The molecule has 3 aromatic carbocycles. The molecule has 0 unspecified atom stereocenters. The predicted octanol–water partition coefficient (Wildman–Crippen LogP) is 5.01. The van der Waals surface area contributed by atoms with Crippen LogP contribution in [-0.4, -0.2) is 15.0 Å². The van der Waals surface area contributed by atoms with Crippen molar-refractivity contribution in [2.75, 3.05) is 6.61 Å². The van der Waals surface area contributed by atoms with Crippen molar-refractivity contribution in [2.45, 2.75) is 18.7 Å². The maximum atomic E-state index is 12.6. The van der Waals surface area contributed by atoms with Gasteiger partial charge in [-0.1, -0.05) is 55.8 Å². The van der Waals surface area contributed by atoms with Gasteiger partial charge in [-0.2, -0.15) is 8.42 Å². The van der Waals surface area contributed by atoms with E-state index < -0.39 is 10.1 Å². The summed E-state index contributed by atoms with van der Waals surface area (Å²) in [5.41, 5.74) is 0. The summed E-state index contributed by atoms with van der Waals surface area (Å²) in [6.07, 6.45) is 0. The van der Waals surface area contributed by atoms with Crippen LogP contribution in [0.5, 0.6) is 0 Å². The lowest BCUT2D eigenvalue weighted by molar-refractivity contribution is 0.275. The molecule has 0 fully saturated rings. The molecule has 23 heavy (non-hydrogen) atoms. The van der Waals surface area contributed by atoms with E-state index in [2.05, 4.69) is 0 Å². The van der Waals surface area contributed by atoms with Gasteiger partial charge < -0.3 is 0 Å². The molecule has 0 aliphatic rings. The topological polar surface area (TPSA) is 43.4 Å². The highest BCUT2D eigenvalue weighted by molar-refractivity contribution is 7.87. The van der Waals surface area contributed by atoms with Crippen molar-refractivity contribution in [2.24, 2.45) is 5.92 Å². The number of rotatable bonds is 4. The Morgan fingerprint density at radius 2 is 1.65 bits per heavy atom. The summed E-state index contributed by atoms with van der Waals surface area (Å²) >= 11 is 6.20. The standard InChI is InChI=1S/C18H17ClO3S/c1-12(2)11-22-23(20,21)18-16-10-14-6-4-3-5-13(14)9-15(16)7-8-17(18)19/h3-10,12H,11H2,1-2H3. The van der Waals surface area contributed by atoms with Crippen LogP contribution >= 0.6 is 11.6 Å². The fourth-order valence-corrected chi connectivity index (χ4v) is 4.27. The minimum atomic E-state index is -3.91. The van der Waals surface area contributed by atoms with Gasteiger partial charge >= 0.3 is 0 Å². The fourth-order valence-electron chi connectivity index (χ4n) is 2.50. The van der Waals surface area contributed by atoms with Crippen LogP contribution in [0, 0.1) is 5.92 Å². The largest absolute Gasteiger partial charge is 0.299 e. The summed E-state index contributed by atoms with van der Waals surface area (Å²) in [5.74, 6) is 0.111. The van der Waals surface area contributed by atoms with E-state index in [1.807, 2.05) is 56.3 Å². The molecular formula is C18H17ClO3S. The van der Waals surface area contributed by atoms with Crippen LogP contribution in [0.4, 0.5) is 0 Å². The summed E-state index contributed by atoms with van der Waals surface area (Å²) < 4.78 is 30.4. The molecule has 0 saturated heterocycles. The van der Waals surface area contributed by atoms with E-state index in [0.717, 1.165) is 16.2 Å². The van der Waals surface area contributed by atoms with E-state index in [1.54, 1.807) is 6.07 Å². The highest BCUT2D eigenvalue weighted by atomic mass is 35.5. The molecule has 0 heterocycles. The first-order valence-corrected chi connectivity index (χ1v) is 9.17. The van der Waals surface area contributed by atoms with Crippen molar-refractivity contribution < 1.29 is 12.6 Å². The maximum absolute atomic E-state index is 12.6. The number of hydrogen-bond acceptors (Lipinski definition) is 3. The third kappa shape index (κ3) is 3.20. The van der Waals surface area contributed by atoms with Gasteiger partial charge in [-0.15, -0.1) is 0 Å². The Morgan fingerprint density at radius 1 is 1.00 bits per heavy atom. The van der Waals surface area contributed by atoms with E-state index in [-0.39, 0.29) is 22.4 Å². The zero-order chi connectivity index (χ0) is 16.6. The Hall–Kier alpha value is -1.62. The first kappa shape index (κ1) is 16.2. The Bertz CT molecular complexity index is 978. The van der Waals surface area contributed by atoms with E-state index in [0.29, 0.717) is 5.39 Å². The van der Waals surface area contributed by atoms with Gasteiger partial charge in [0.2, 0.25) is 0 Å². The monoisotopic (exact) mass is 348 g/mol. The predicted molar refractivity (Wildman–Crippen MR) is 94.4 cm³/mol. The van der Waals surface area contributed by atoms with E-state index >= 15 is 0 Å². The van der Waals surface area contributed by atoms with Crippen LogP contribution in [0.2, 0.25) is 5.02 Å². The quantitative estimate of drug-likeness (QED) is 0.492. The first-order valence-electron chi connectivity index (χ1n) is 7.39. The summed E-state index contributed by atoms with van der Waals surface area (Å²) in [6.45, 7) is 3.92. The molecule has 0 bridgehead atoms. The van der Waals surface area contributed by atoms with Crippen molar-refractivity contribution in [3.63, 3.8) is 0 Å². The summed E-state index contributed by atoms with van der Waals surface area (Å²) in [7, 11) is -3.91. The van der Waals surface area contributed by atoms with Crippen LogP contribution in [0.1, 0.15) is 13.8 Å². The molecule has 120 valence electrons. The van der Waals surface area contributed by atoms with Crippen LogP contribution in [0.3, 0.4) is 0 Å². The Balaban J connectivity index is 2.26. The number of benzene rings is 3. The van der Waals surface area contributed by atoms with Gasteiger partial charge in [0.25, 0.3) is 10.1 Å². The minimum absolute atomic E-state index is 0.0445. The lowest BCUT2D eigenvalue weighted by Crippen LogP contribution is -2.12. The Labute approximate surface area is 141 Å². The lowest BCUT2D eigenvalue weighted by Gasteiger charge is -2.12. The SMILES string of the molecule is CC(C)COS(=O)(=O)c1c(Cl)ccc2cc3ccccc3cc12. The van der Waals surface area contributed by atoms with Crippen molar-refractivity contribution in [3.8, 4) is 0 Å². The highest BCUT2D eigenvalue weighted by Gasteiger charge is 2.23. The van der Waals surface area contributed by atoms with Gasteiger partial charge in [0, 0.05) is 5.39 Å². The summed E-state index contributed by atoms with van der Waals surface area (Å²) in [5, 5.41) is 3.59. The lowest BCUT2D eigenvalue weighted by atomic mass is 10.0. The zero-order valence-corrected chi connectivity index (χ0v) is 14.5. The molecule has 5 heteroatoms. The van der Waals surface area contributed by atoms with Gasteiger partial charge in [0.1, 0.15) is 4.90 Å². The van der Waals surface area contributed by atoms with Crippen molar-refractivity contribution >= 4 is 43.3 Å². The molecule has 0 aliphatic carbocycles. The summed E-state index contributed by atoms with van der Waals surface area (Å²) in [4.78, 5) is 0.0445. The molecule has 3 nitrogen and oxygen atoms in total. The van der Waals surface area contributed by atoms with Gasteiger partial charge in [-0.05, 0) is 40.3 Å². The fraction of sp³-hybridized carbons (Fsp3) is 0.222. The average Bonchev–Trinajstić information content (AvgIpc) is 2.51. The molecule has 0 amide bonds. The van der Waals surface area contributed by atoms with Crippen LogP contribution < -0.4 is 0 Å². The molecule has 0 radical (unpaired) electrons. The molecule has 0 aromatic heterocycles. The number of hydrogen-bond donors (Lipinski definition) is 0. The van der Waals surface area contributed by atoms with Crippen molar-refractivity contribution in [1.82, 2.24) is 0 Å². The Kier molecular flexibility index (Phi) is 4.32. The minimum Gasteiger partial charge on any atom is -0.266 e. The highest BCUT2D eigenvalue weighted by Crippen LogP contribution is 2.34. The normalized spacial score (nSPS) is 12.3. The second kappa shape index (κ2) is 6.11. The molecular weight excluding hydrogens is 332 g/mol. The van der Waals surface area contributed by atoms with Crippen molar-refractivity contribution in [1.29, 1.82) is 0 Å². The average molecular weight is 349 g/mol. The second-order valence-electron chi connectivity index (χ2n) is 5.93. The number of halogens is 1. The molecule has 0 N–H and O–H groups in total. The number of fused-ring (bicyclic) bond motifs is 2. The third-order valence-corrected chi connectivity index (χ3v) is 5.41. The van der Waals surface area contributed by atoms with Crippen LogP contribution in [0.25, 0.3) is 21.5 Å². The van der Waals surface area contributed by atoms with Gasteiger partial charge in [-0.3, -0.25) is 4.18 Å². The smallest absolute Gasteiger partial charge is 0.266 e. The van der Waals surface area contributed by atoms with Crippen LogP contribution in [0.15, 0.2) is 53.4 Å². The maximum Gasteiger partial charge on any atom is 0.299 e. The van der Waals surface area contributed by atoms with E-state index in [4.69, 9.17) is 15.8 Å². The molecule has 3 aromatic rings. The third-order valence-electron chi connectivity index (χ3n) is 3.60. The van der Waals surface area contributed by atoms with Crippen LogP contribution in [-0.2, 0) is 14.3 Å². The van der Waals surface area contributed by atoms with E-state index in [9.17, 15) is 8.42 Å². The molecule has 0 spiro atoms.